The molecule has 0 aliphatic heterocycles. The van der Waals surface area contributed by atoms with Crippen LogP contribution in [0.4, 0.5) is 4.39 Å². The smallest absolute Gasteiger partial charge is 0.265 e. The fraction of sp³-hybridized carbons (Fsp3) is 0.167. The van der Waals surface area contributed by atoms with E-state index in [1.54, 1.807) is 12.1 Å². The van der Waals surface area contributed by atoms with Crippen LogP contribution in [0.1, 0.15) is 21.0 Å². The van der Waals surface area contributed by atoms with Crippen LogP contribution in [-0.4, -0.2) is 25.0 Å². The minimum absolute atomic E-state index is 0.0289. The number of rotatable bonds is 8. The zero-order chi connectivity index (χ0) is 19.8. The van der Waals surface area contributed by atoms with Crippen LogP contribution in [0, 0.1) is 17.1 Å². The van der Waals surface area contributed by atoms with Gasteiger partial charge in [0.05, 0.1) is 9.90 Å². The van der Waals surface area contributed by atoms with Gasteiger partial charge in [-0.15, -0.1) is 11.3 Å². The molecule has 0 aliphatic rings. The minimum Gasteiger partial charge on any atom is -0.484 e. The number of nitriles is 1. The lowest BCUT2D eigenvalue weighted by Crippen LogP contribution is -2.31. The van der Waals surface area contributed by atoms with E-state index in [9.17, 15) is 14.0 Å². The van der Waals surface area contributed by atoms with Crippen molar-refractivity contribution in [3.8, 4) is 11.8 Å². The number of thiophene rings is 1. The highest BCUT2D eigenvalue weighted by molar-refractivity contribution is 7.14. The maximum absolute atomic E-state index is 13.3. The Morgan fingerprint density at radius 3 is 2.78 bits per heavy atom. The Morgan fingerprint density at radius 2 is 2.11 bits per heavy atom. The van der Waals surface area contributed by atoms with Crippen LogP contribution in [0.25, 0.3) is 0 Å². The third-order valence-electron chi connectivity index (χ3n) is 3.24. The lowest BCUT2D eigenvalue weighted by atomic mass is 10.3. The number of carbonyl (C=O) groups is 2. The molecule has 0 spiro atoms. The summed E-state index contributed by atoms with van der Waals surface area (Å²) in [4.78, 5) is 24.5. The molecule has 9 heteroatoms. The normalized spacial score (nSPS) is 9.96. The second-order valence-electron chi connectivity index (χ2n) is 5.30. The molecule has 2 amide bonds. The van der Waals surface area contributed by atoms with Gasteiger partial charge in [-0.2, -0.15) is 5.26 Å². The highest BCUT2D eigenvalue weighted by Gasteiger charge is 2.10. The first-order chi connectivity index (χ1) is 12.9. The zero-order valence-electron chi connectivity index (χ0n) is 14.1. The summed E-state index contributed by atoms with van der Waals surface area (Å²) in [6, 6.07) is 8.97. The molecule has 2 rings (SSSR count). The third kappa shape index (κ3) is 6.40. The Balaban J connectivity index is 1.68. The van der Waals surface area contributed by atoms with Gasteiger partial charge in [0.25, 0.3) is 11.8 Å². The van der Waals surface area contributed by atoms with Crippen LogP contribution in [0.5, 0.6) is 5.75 Å². The lowest BCUT2D eigenvalue weighted by molar-refractivity contribution is -0.123. The average molecular weight is 408 g/mol. The van der Waals surface area contributed by atoms with Crippen molar-refractivity contribution in [3.63, 3.8) is 0 Å². The number of halogens is 2. The molecule has 0 bridgehead atoms. The molecule has 0 aliphatic carbocycles. The van der Waals surface area contributed by atoms with E-state index < -0.39 is 11.7 Å². The largest absolute Gasteiger partial charge is 0.484 e. The molecule has 27 heavy (non-hydrogen) atoms. The van der Waals surface area contributed by atoms with Gasteiger partial charge < -0.3 is 15.4 Å². The van der Waals surface area contributed by atoms with Crippen molar-refractivity contribution in [1.82, 2.24) is 10.6 Å². The van der Waals surface area contributed by atoms with Crippen molar-refractivity contribution in [2.45, 2.75) is 6.42 Å². The minimum atomic E-state index is -0.630. The van der Waals surface area contributed by atoms with Crippen molar-refractivity contribution in [2.24, 2.45) is 0 Å². The van der Waals surface area contributed by atoms with E-state index in [0.29, 0.717) is 21.9 Å². The molecule has 0 radical (unpaired) electrons. The number of ether oxygens (including phenoxy) is 1. The molecule has 1 heterocycles. The predicted octanol–water partition coefficient (Wildman–Crippen LogP) is 3.24. The highest BCUT2D eigenvalue weighted by Crippen LogP contribution is 2.20. The van der Waals surface area contributed by atoms with Gasteiger partial charge in [0.15, 0.2) is 6.61 Å². The summed E-state index contributed by atoms with van der Waals surface area (Å²) in [6.45, 7) is 3.68. The first-order valence-electron chi connectivity index (χ1n) is 7.72. The van der Waals surface area contributed by atoms with Gasteiger partial charge >= 0.3 is 0 Å². The van der Waals surface area contributed by atoms with E-state index in [0.717, 1.165) is 17.4 Å². The topological polar surface area (TPSA) is 91.2 Å². The second kappa shape index (κ2) is 9.71. The first kappa shape index (κ1) is 20.4. The Hall–Kier alpha value is -2.89. The van der Waals surface area contributed by atoms with E-state index in [-0.39, 0.29) is 29.8 Å². The summed E-state index contributed by atoms with van der Waals surface area (Å²) in [7, 11) is 0. The molecule has 0 atom stereocenters. The Labute approximate surface area is 164 Å². The van der Waals surface area contributed by atoms with Gasteiger partial charge in [-0.05, 0) is 24.3 Å². The summed E-state index contributed by atoms with van der Waals surface area (Å²) in [6.07, 6.45) is 0.323. The van der Waals surface area contributed by atoms with Crippen molar-refractivity contribution in [2.75, 3.05) is 13.2 Å². The molecule has 1 aromatic carbocycles. The zero-order valence-corrected chi connectivity index (χ0v) is 15.6. The van der Waals surface area contributed by atoms with Crippen LogP contribution in [0.2, 0.25) is 5.02 Å². The molecule has 140 valence electrons. The number of hydrogen-bond acceptors (Lipinski definition) is 5. The van der Waals surface area contributed by atoms with E-state index in [2.05, 4.69) is 17.2 Å². The molecule has 0 unspecified atom stereocenters. The van der Waals surface area contributed by atoms with E-state index >= 15 is 0 Å². The summed E-state index contributed by atoms with van der Waals surface area (Å²) in [5.74, 6) is -1.20. The molecular formula is C18H15ClFN3O3S. The average Bonchev–Trinajstić information content (AvgIpc) is 3.12. The lowest BCUT2D eigenvalue weighted by Gasteiger charge is -2.10. The van der Waals surface area contributed by atoms with Crippen LogP contribution in [0.15, 0.2) is 42.6 Å². The van der Waals surface area contributed by atoms with Crippen LogP contribution in [0.3, 0.4) is 0 Å². The molecule has 6 nitrogen and oxygen atoms in total. The summed E-state index contributed by atoms with van der Waals surface area (Å²) >= 11 is 6.65. The van der Waals surface area contributed by atoms with E-state index in [1.807, 2.05) is 6.07 Å². The Morgan fingerprint density at radius 1 is 1.33 bits per heavy atom. The van der Waals surface area contributed by atoms with Crippen LogP contribution >= 0.6 is 22.9 Å². The number of nitrogens with zero attached hydrogens (tertiary/aromatic N) is 1. The summed E-state index contributed by atoms with van der Waals surface area (Å²) in [5, 5.41) is 13.9. The number of benzene rings is 1. The van der Waals surface area contributed by atoms with Gasteiger partial charge in [-0.3, -0.25) is 9.59 Å². The van der Waals surface area contributed by atoms with E-state index in [4.69, 9.17) is 21.6 Å². The van der Waals surface area contributed by atoms with Gasteiger partial charge in [0.2, 0.25) is 0 Å². The van der Waals surface area contributed by atoms with Crippen LogP contribution in [-0.2, 0) is 4.79 Å². The SMILES string of the molecule is C=C(CCNC(=O)COc1ccc(Cl)c(F)c1)NC(=O)c1ccc(C#N)s1. The van der Waals surface area contributed by atoms with Crippen molar-refractivity contribution < 1.29 is 18.7 Å². The summed E-state index contributed by atoms with van der Waals surface area (Å²) < 4.78 is 18.4. The maximum Gasteiger partial charge on any atom is 0.265 e. The molecule has 2 aromatic rings. The summed E-state index contributed by atoms with van der Waals surface area (Å²) in [5.41, 5.74) is 0.424. The molecular weight excluding hydrogens is 393 g/mol. The quantitative estimate of drug-likeness (QED) is 0.702. The van der Waals surface area contributed by atoms with Crippen LogP contribution < -0.4 is 15.4 Å². The number of amides is 2. The van der Waals surface area contributed by atoms with E-state index in [1.165, 1.54) is 12.1 Å². The number of hydrogen-bond donors (Lipinski definition) is 2. The van der Waals surface area contributed by atoms with Crippen molar-refractivity contribution >= 4 is 34.8 Å². The molecule has 0 saturated carbocycles. The highest BCUT2D eigenvalue weighted by atomic mass is 35.5. The number of nitrogens with one attached hydrogen (secondary N) is 2. The van der Waals surface area contributed by atoms with Crippen molar-refractivity contribution in [1.29, 1.82) is 5.26 Å². The molecule has 0 saturated heterocycles. The first-order valence-corrected chi connectivity index (χ1v) is 8.92. The molecule has 1 aromatic heterocycles. The monoisotopic (exact) mass is 407 g/mol. The van der Waals surface area contributed by atoms with Gasteiger partial charge in [-0.25, -0.2) is 4.39 Å². The fourth-order valence-corrected chi connectivity index (χ4v) is 2.74. The molecule has 0 fully saturated rings. The Bertz CT molecular complexity index is 907. The second-order valence-corrected chi connectivity index (χ2v) is 6.79. The Kier molecular flexibility index (Phi) is 7.34. The predicted molar refractivity (Wildman–Crippen MR) is 100 cm³/mol. The van der Waals surface area contributed by atoms with Gasteiger partial charge in [-0.1, -0.05) is 18.2 Å². The van der Waals surface area contributed by atoms with Gasteiger partial charge in [0.1, 0.15) is 22.5 Å². The third-order valence-corrected chi connectivity index (χ3v) is 4.54. The van der Waals surface area contributed by atoms with Crippen molar-refractivity contribution in [3.05, 3.63) is 63.2 Å². The maximum atomic E-state index is 13.3. The fourth-order valence-electron chi connectivity index (χ4n) is 1.92. The standard InChI is InChI=1S/C18H15ClFN3O3S/c1-11(23-18(25)16-5-3-13(9-21)27-16)6-7-22-17(24)10-26-12-2-4-14(19)15(20)8-12/h2-5,8H,1,6-7,10H2,(H,22,24)(H,23,25). The molecule has 2 N–H and O–H groups in total. The van der Waals surface area contributed by atoms with Gasteiger partial charge in [0, 0.05) is 24.7 Å². The number of carbonyl (C=O) groups excluding carboxylic acids is 2.